The number of hydrogen-bond acceptors (Lipinski definition) is 3. The van der Waals surface area contributed by atoms with Crippen molar-refractivity contribution in [2.75, 3.05) is 19.6 Å². The highest BCUT2D eigenvalue weighted by atomic mass is 19.4. The van der Waals surface area contributed by atoms with Gasteiger partial charge in [0.05, 0.1) is 36.3 Å². The van der Waals surface area contributed by atoms with Gasteiger partial charge in [-0.1, -0.05) is 32.9 Å². The summed E-state index contributed by atoms with van der Waals surface area (Å²) in [6.45, 7) is 11.1. The van der Waals surface area contributed by atoms with Crippen LogP contribution in [0.1, 0.15) is 54.9 Å². The van der Waals surface area contributed by atoms with E-state index in [-0.39, 0.29) is 33.8 Å². The molecule has 0 saturated heterocycles. The van der Waals surface area contributed by atoms with E-state index in [1.54, 1.807) is 12.2 Å². The summed E-state index contributed by atoms with van der Waals surface area (Å²) in [5.41, 5.74) is -2.78. The first kappa shape index (κ1) is 38.4. The zero-order chi connectivity index (χ0) is 35.6. The number of halogens is 9. The summed E-state index contributed by atoms with van der Waals surface area (Å²) < 4.78 is 138. The van der Waals surface area contributed by atoms with E-state index in [1.165, 1.54) is 0 Å². The Labute approximate surface area is 274 Å². The minimum Gasteiger partial charge on any atom is -0.490 e. The molecule has 14 heteroatoms. The van der Waals surface area contributed by atoms with E-state index in [1.807, 2.05) is 0 Å². The van der Waals surface area contributed by atoms with Crippen LogP contribution in [0.2, 0.25) is 0 Å². The third kappa shape index (κ3) is 11.3. The molecule has 0 heterocycles. The van der Waals surface area contributed by atoms with Crippen LogP contribution in [0.3, 0.4) is 0 Å². The molecule has 0 saturated carbocycles. The number of rotatable bonds is 17. The summed E-state index contributed by atoms with van der Waals surface area (Å²) in [6.07, 6.45) is -7.01. The molecule has 0 unspecified atom stereocenters. The quantitative estimate of drug-likeness (QED) is 0.0465. The van der Waals surface area contributed by atoms with Gasteiger partial charge in [0, 0.05) is 5.56 Å². The Morgan fingerprint density at radius 2 is 1.08 bits per heavy atom. The molecule has 0 amide bonds. The van der Waals surface area contributed by atoms with Gasteiger partial charge >= 0.3 is 25.9 Å². The molecular formula is C34H36BF9NO3+. The zero-order valence-corrected chi connectivity index (χ0v) is 26.2. The molecule has 260 valence electrons. The van der Waals surface area contributed by atoms with Crippen LogP contribution in [0.4, 0.5) is 39.5 Å². The molecule has 0 aliphatic rings. The van der Waals surface area contributed by atoms with Gasteiger partial charge in [-0.05, 0) is 91.7 Å². The molecule has 0 spiro atoms. The van der Waals surface area contributed by atoms with E-state index in [0.29, 0.717) is 19.6 Å². The van der Waals surface area contributed by atoms with Gasteiger partial charge in [0.1, 0.15) is 23.8 Å². The Bertz CT molecular complexity index is 1400. The monoisotopic (exact) mass is 688 g/mol. The zero-order valence-electron chi connectivity index (χ0n) is 26.2. The Morgan fingerprint density at radius 1 is 0.625 bits per heavy atom. The molecule has 4 nitrogen and oxygen atoms in total. The lowest BCUT2D eigenvalue weighted by atomic mass is 10.0. The lowest BCUT2D eigenvalue weighted by Crippen LogP contribution is -2.48. The van der Waals surface area contributed by atoms with Crippen molar-refractivity contribution in [3.63, 3.8) is 0 Å². The van der Waals surface area contributed by atoms with E-state index in [9.17, 15) is 39.5 Å². The molecule has 3 rings (SSSR count). The summed E-state index contributed by atoms with van der Waals surface area (Å²) in [7, 11) is -1.85. The highest BCUT2D eigenvalue weighted by Crippen LogP contribution is 2.36. The van der Waals surface area contributed by atoms with Crippen LogP contribution < -0.4 is 14.0 Å². The Morgan fingerprint density at radius 3 is 1.50 bits per heavy atom. The molecule has 0 atom stereocenters. The Kier molecular flexibility index (Phi) is 13.1. The fourth-order valence-electron chi connectivity index (χ4n) is 5.09. The predicted octanol–water partition coefficient (Wildman–Crippen LogP) is 10.5. The summed E-state index contributed by atoms with van der Waals surface area (Å²) in [4.78, 5) is 0. The normalized spacial score (nSPS) is 12.4. The molecule has 0 aliphatic heterocycles. The molecule has 0 fully saturated rings. The highest BCUT2D eigenvalue weighted by Gasteiger charge is 2.37. The van der Waals surface area contributed by atoms with Gasteiger partial charge in [-0.3, -0.25) is 0 Å². The predicted molar refractivity (Wildman–Crippen MR) is 165 cm³/mol. The average molecular weight is 688 g/mol. The van der Waals surface area contributed by atoms with Crippen LogP contribution in [0.25, 0.3) is 0 Å². The van der Waals surface area contributed by atoms with Crippen molar-refractivity contribution < 1.29 is 58.0 Å². The van der Waals surface area contributed by atoms with Gasteiger partial charge in [0.25, 0.3) is 0 Å². The van der Waals surface area contributed by atoms with Gasteiger partial charge in [0.2, 0.25) is 0 Å². The maximum atomic E-state index is 13.9. The van der Waals surface area contributed by atoms with Crippen LogP contribution in [0.5, 0.6) is 17.2 Å². The van der Waals surface area contributed by atoms with E-state index >= 15 is 0 Å². The number of nitrogens with zero attached hydrogens (tertiary/aromatic N) is 1. The van der Waals surface area contributed by atoms with Crippen LogP contribution in [-0.2, 0) is 25.1 Å². The van der Waals surface area contributed by atoms with E-state index in [2.05, 4.69) is 20.1 Å². The SMILES string of the molecule is C=CC[N+](CC=C)(CCCCCC)Cc1cc(C(F)(F)F)ccc1OB(Oc1ccc(C(F)(F)F)cc1)Oc1ccc(C(F)(F)F)cc1. The van der Waals surface area contributed by atoms with Crippen LogP contribution in [0.15, 0.2) is 92.0 Å². The lowest BCUT2D eigenvalue weighted by Gasteiger charge is -2.38. The van der Waals surface area contributed by atoms with Gasteiger partial charge in [0.15, 0.2) is 0 Å². The van der Waals surface area contributed by atoms with Crippen molar-refractivity contribution in [1.29, 1.82) is 0 Å². The smallest absolute Gasteiger partial charge is 0.490 e. The largest absolute Gasteiger partial charge is 0.864 e. The highest BCUT2D eigenvalue weighted by molar-refractivity contribution is 6.39. The minimum atomic E-state index is -4.70. The molecule has 3 aromatic rings. The molecule has 0 aromatic heterocycles. The first-order chi connectivity index (χ1) is 22.5. The second-order valence-corrected chi connectivity index (χ2v) is 11.2. The van der Waals surface area contributed by atoms with E-state index in [4.69, 9.17) is 14.0 Å². The minimum absolute atomic E-state index is 0.0384. The van der Waals surface area contributed by atoms with Crippen LogP contribution >= 0.6 is 0 Å². The molecule has 0 bridgehead atoms. The maximum absolute atomic E-state index is 13.9. The number of alkyl halides is 9. The van der Waals surface area contributed by atoms with Crippen molar-refractivity contribution in [2.45, 2.75) is 57.7 Å². The Balaban J connectivity index is 2.05. The van der Waals surface area contributed by atoms with Crippen molar-refractivity contribution in [1.82, 2.24) is 0 Å². The third-order valence-corrected chi connectivity index (χ3v) is 7.46. The molecule has 0 aliphatic carbocycles. The number of hydrogen-bond donors (Lipinski definition) is 0. The first-order valence-electron chi connectivity index (χ1n) is 15.1. The topological polar surface area (TPSA) is 27.7 Å². The van der Waals surface area contributed by atoms with Crippen LogP contribution in [0, 0.1) is 0 Å². The maximum Gasteiger partial charge on any atom is 0.864 e. The van der Waals surface area contributed by atoms with Crippen molar-refractivity contribution >= 4 is 7.32 Å². The molecule has 3 aromatic carbocycles. The van der Waals surface area contributed by atoms with Crippen LogP contribution in [-0.4, -0.2) is 31.4 Å². The van der Waals surface area contributed by atoms with Gasteiger partial charge in [-0.2, -0.15) is 39.5 Å². The van der Waals surface area contributed by atoms with E-state index in [0.717, 1.165) is 92.4 Å². The average Bonchev–Trinajstić information content (AvgIpc) is 2.99. The summed E-state index contributed by atoms with van der Waals surface area (Å²) in [5, 5.41) is 0. The second kappa shape index (κ2) is 16.4. The molecular weight excluding hydrogens is 652 g/mol. The fraction of sp³-hybridized carbons (Fsp3) is 0.353. The fourth-order valence-corrected chi connectivity index (χ4v) is 5.09. The van der Waals surface area contributed by atoms with E-state index < -0.39 is 42.5 Å². The van der Waals surface area contributed by atoms with Crippen molar-refractivity contribution in [3.8, 4) is 17.2 Å². The van der Waals surface area contributed by atoms with Gasteiger partial charge < -0.3 is 18.4 Å². The molecule has 0 N–H and O–H groups in total. The number of benzene rings is 3. The standard InChI is InChI=1S/C34H36BF9NO3/c1-4-7-8-9-22-45(20-5-2,21-6-3)24-25-23-28(34(42,43)44)14-19-31(25)48-35(46-29-15-10-26(11-16-29)32(36,37)38)47-30-17-12-27(13-18-30)33(39,40)41/h5-6,10-19,23H,2-4,7-9,20-22,24H2,1H3/q+1. The van der Waals surface area contributed by atoms with Gasteiger partial charge in [-0.15, -0.1) is 0 Å². The third-order valence-electron chi connectivity index (χ3n) is 7.46. The summed E-state index contributed by atoms with van der Waals surface area (Å²) >= 11 is 0. The molecule has 0 radical (unpaired) electrons. The summed E-state index contributed by atoms with van der Waals surface area (Å²) in [6, 6.07) is 9.69. The van der Waals surface area contributed by atoms with Crippen molar-refractivity contribution in [3.05, 3.63) is 114 Å². The second-order valence-electron chi connectivity index (χ2n) is 11.2. The number of quaternary nitrogens is 1. The molecule has 48 heavy (non-hydrogen) atoms. The van der Waals surface area contributed by atoms with Crippen molar-refractivity contribution in [2.24, 2.45) is 0 Å². The lowest BCUT2D eigenvalue weighted by molar-refractivity contribution is -0.930. The summed E-state index contributed by atoms with van der Waals surface area (Å²) in [5.74, 6) is -0.448. The number of unbranched alkanes of at least 4 members (excludes halogenated alkanes) is 3. The first-order valence-corrected chi connectivity index (χ1v) is 15.1. The van der Waals surface area contributed by atoms with Gasteiger partial charge in [-0.25, -0.2) is 0 Å². The Hall–Kier alpha value is -4.07.